The number of amides is 2. The summed E-state index contributed by atoms with van der Waals surface area (Å²) in [7, 11) is 1.46. The molecule has 2 amide bonds. The van der Waals surface area contributed by atoms with E-state index in [-0.39, 0.29) is 16.7 Å². The topological polar surface area (TPSA) is 67.4 Å². The average molecular weight is 379 g/mol. The van der Waals surface area contributed by atoms with E-state index in [9.17, 15) is 9.59 Å². The molecule has 0 unspecified atom stereocenters. The Morgan fingerprint density at radius 3 is 2.44 bits per heavy atom. The van der Waals surface area contributed by atoms with E-state index < -0.39 is 5.91 Å². The molecule has 5 nitrogen and oxygen atoms in total. The largest absolute Gasteiger partial charge is 0.496 e. The molecule has 0 aliphatic heterocycles. The number of ether oxygens (including phenoxy) is 1. The molecule has 0 heterocycles. The highest BCUT2D eigenvalue weighted by Crippen LogP contribution is 2.24. The van der Waals surface area contributed by atoms with Crippen LogP contribution in [0.3, 0.4) is 0 Å². The van der Waals surface area contributed by atoms with Gasteiger partial charge in [-0.25, -0.2) is 0 Å². The summed E-state index contributed by atoms with van der Waals surface area (Å²) in [5.74, 6) is -0.432. The zero-order chi connectivity index (χ0) is 18.4. The number of aryl methyl sites for hydroxylation is 1. The molecule has 7 heteroatoms. The Hall–Kier alpha value is -2.18. The second-order valence-electron chi connectivity index (χ2n) is 5.36. The van der Waals surface area contributed by atoms with Gasteiger partial charge in [0, 0.05) is 9.92 Å². The van der Waals surface area contributed by atoms with Crippen LogP contribution in [0.4, 0.5) is 0 Å². The molecule has 0 aromatic heterocycles. The van der Waals surface area contributed by atoms with Crippen LogP contribution in [0.5, 0.6) is 5.75 Å². The molecule has 0 radical (unpaired) electrons. The van der Waals surface area contributed by atoms with Gasteiger partial charge in [-0.15, -0.1) is 11.8 Å². The van der Waals surface area contributed by atoms with Crippen molar-refractivity contribution in [1.29, 1.82) is 0 Å². The van der Waals surface area contributed by atoms with E-state index in [4.69, 9.17) is 16.3 Å². The summed E-state index contributed by atoms with van der Waals surface area (Å²) in [4.78, 5) is 25.4. The summed E-state index contributed by atoms with van der Waals surface area (Å²) >= 11 is 7.31. The Morgan fingerprint density at radius 1 is 1.12 bits per heavy atom. The summed E-state index contributed by atoms with van der Waals surface area (Å²) in [5.41, 5.74) is 6.21. The first-order valence-corrected chi connectivity index (χ1v) is 8.83. The Bertz CT molecular complexity index is 765. The summed E-state index contributed by atoms with van der Waals surface area (Å²) in [6.07, 6.45) is 0. The number of halogens is 1. The first-order chi connectivity index (χ1) is 11.9. The van der Waals surface area contributed by atoms with Crippen LogP contribution in [0, 0.1) is 6.92 Å². The average Bonchev–Trinajstić information content (AvgIpc) is 2.61. The zero-order valence-corrected chi connectivity index (χ0v) is 15.7. The molecule has 0 aliphatic carbocycles. The van der Waals surface area contributed by atoms with Crippen molar-refractivity contribution in [2.75, 3.05) is 7.11 Å². The molecule has 2 aromatic carbocycles. The fourth-order valence-corrected chi connectivity index (χ4v) is 3.06. The lowest BCUT2D eigenvalue weighted by Gasteiger charge is -2.14. The molecule has 2 rings (SSSR count). The molecule has 0 bridgehead atoms. The van der Waals surface area contributed by atoms with E-state index in [1.54, 1.807) is 19.1 Å². The van der Waals surface area contributed by atoms with E-state index in [1.807, 2.05) is 31.2 Å². The minimum Gasteiger partial charge on any atom is -0.496 e. The highest BCUT2D eigenvalue weighted by Gasteiger charge is 2.17. The van der Waals surface area contributed by atoms with Crippen molar-refractivity contribution in [3.8, 4) is 5.75 Å². The van der Waals surface area contributed by atoms with Crippen LogP contribution in [0.2, 0.25) is 5.02 Å². The number of thioether (sulfide) groups is 1. The normalized spacial score (nSPS) is 11.5. The van der Waals surface area contributed by atoms with Gasteiger partial charge in [-0.05, 0) is 44.2 Å². The third-order valence-corrected chi connectivity index (χ3v) is 4.76. The molecule has 25 heavy (non-hydrogen) atoms. The molecule has 1 atom stereocenters. The number of nitrogens with one attached hydrogen (secondary N) is 2. The Kier molecular flexibility index (Phi) is 6.73. The number of hydrogen-bond acceptors (Lipinski definition) is 4. The highest BCUT2D eigenvalue weighted by atomic mass is 35.5. The van der Waals surface area contributed by atoms with Gasteiger partial charge in [0.25, 0.3) is 11.8 Å². The lowest BCUT2D eigenvalue weighted by Crippen LogP contribution is -2.45. The Morgan fingerprint density at radius 2 is 1.80 bits per heavy atom. The van der Waals surface area contributed by atoms with Gasteiger partial charge in [-0.1, -0.05) is 29.3 Å². The molecular weight excluding hydrogens is 360 g/mol. The van der Waals surface area contributed by atoms with Gasteiger partial charge < -0.3 is 4.74 Å². The molecule has 2 N–H and O–H groups in total. The summed E-state index contributed by atoms with van der Waals surface area (Å²) in [6, 6.07) is 12.6. The van der Waals surface area contributed by atoms with Crippen LogP contribution in [0.15, 0.2) is 47.4 Å². The first kappa shape index (κ1) is 19.1. The van der Waals surface area contributed by atoms with Crippen molar-refractivity contribution in [3.05, 3.63) is 58.6 Å². The van der Waals surface area contributed by atoms with E-state index >= 15 is 0 Å². The van der Waals surface area contributed by atoms with Crippen LogP contribution >= 0.6 is 23.4 Å². The maximum absolute atomic E-state index is 12.2. The van der Waals surface area contributed by atoms with Gasteiger partial charge in [-0.2, -0.15) is 0 Å². The predicted molar refractivity (Wildman–Crippen MR) is 100 cm³/mol. The Labute approximate surface area is 156 Å². The molecule has 0 fully saturated rings. The Balaban J connectivity index is 1.93. The van der Waals surface area contributed by atoms with Gasteiger partial charge in [0.2, 0.25) is 0 Å². The predicted octanol–water partition coefficient (Wildman–Crippen LogP) is 3.60. The lowest BCUT2D eigenvalue weighted by atomic mass is 10.2. The van der Waals surface area contributed by atoms with Gasteiger partial charge in [0.15, 0.2) is 0 Å². The number of hydrogen-bond donors (Lipinski definition) is 2. The van der Waals surface area contributed by atoms with Gasteiger partial charge in [0.05, 0.1) is 17.9 Å². The third-order valence-electron chi connectivity index (χ3n) is 3.41. The van der Waals surface area contributed by atoms with Crippen molar-refractivity contribution in [1.82, 2.24) is 10.9 Å². The molecule has 0 saturated carbocycles. The van der Waals surface area contributed by atoms with Crippen LogP contribution in [0.1, 0.15) is 22.8 Å². The van der Waals surface area contributed by atoms with Crippen LogP contribution in [-0.2, 0) is 4.79 Å². The minimum atomic E-state index is -0.500. The number of benzene rings is 2. The van der Waals surface area contributed by atoms with Crippen molar-refractivity contribution < 1.29 is 14.3 Å². The van der Waals surface area contributed by atoms with Crippen molar-refractivity contribution in [2.45, 2.75) is 24.0 Å². The van der Waals surface area contributed by atoms with E-state index in [0.29, 0.717) is 10.8 Å². The number of rotatable bonds is 5. The fraction of sp³-hybridized carbons (Fsp3) is 0.222. The molecule has 0 spiro atoms. The van der Waals surface area contributed by atoms with E-state index in [1.165, 1.54) is 24.9 Å². The van der Waals surface area contributed by atoms with E-state index in [0.717, 1.165) is 10.5 Å². The molecule has 0 saturated heterocycles. The van der Waals surface area contributed by atoms with Crippen molar-refractivity contribution >= 4 is 35.2 Å². The number of carbonyl (C=O) groups excluding carboxylic acids is 2. The summed E-state index contributed by atoms with van der Waals surface area (Å²) in [6.45, 7) is 3.77. The lowest BCUT2D eigenvalue weighted by molar-refractivity contribution is -0.121. The monoisotopic (exact) mass is 378 g/mol. The highest BCUT2D eigenvalue weighted by molar-refractivity contribution is 8.00. The molecular formula is C18H19ClN2O3S. The van der Waals surface area contributed by atoms with Gasteiger partial charge in [-0.3, -0.25) is 20.4 Å². The summed E-state index contributed by atoms with van der Waals surface area (Å²) < 4.78 is 5.13. The number of carbonyl (C=O) groups is 2. The maximum atomic E-state index is 12.2. The van der Waals surface area contributed by atoms with Crippen LogP contribution in [-0.4, -0.2) is 24.2 Å². The van der Waals surface area contributed by atoms with Gasteiger partial charge in [0.1, 0.15) is 5.75 Å². The van der Waals surface area contributed by atoms with Crippen molar-refractivity contribution in [3.63, 3.8) is 0 Å². The summed E-state index contributed by atoms with van der Waals surface area (Å²) in [5, 5.41) is 0.0323. The SMILES string of the molecule is COc1ccc(Cl)cc1C(=O)NNC(=O)[C@@H](C)Sc1ccc(C)cc1. The molecule has 132 valence electrons. The van der Waals surface area contributed by atoms with Crippen LogP contribution < -0.4 is 15.6 Å². The molecule has 2 aromatic rings. The standard InChI is InChI=1S/C18H19ClN2O3S/c1-11-4-7-14(8-5-11)25-12(2)17(22)20-21-18(23)15-10-13(19)6-9-16(15)24-3/h4-10,12H,1-3H3,(H,20,22)(H,21,23)/t12-/m1/s1. The minimum absolute atomic E-state index is 0.245. The smallest absolute Gasteiger partial charge is 0.273 e. The van der Waals surface area contributed by atoms with Crippen molar-refractivity contribution in [2.24, 2.45) is 0 Å². The number of methoxy groups -OCH3 is 1. The number of hydrazine groups is 1. The van der Waals surface area contributed by atoms with Gasteiger partial charge >= 0.3 is 0 Å². The van der Waals surface area contributed by atoms with Crippen LogP contribution in [0.25, 0.3) is 0 Å². The fourth-order valence-electron chi connectivity index (χ4n) is 2.02. The quantitative estimate of drug-likeness (QED) is 0.616. The second kappa shape index (κ2) is 8.78. The second-order valence-corrected chi connectivity index (χ2v) is 7.21. The zero-order valence-electron chi connectivity index (χ0n) is 14.1. The third kappa shape index (κ3) is 5.41. The maximum Gasteiger partial charge on any atom is 0.273 e. The van der Waals surface area contributed by atoms with E-state index in [2.05, 4.69) is 10.9 Å². The first-order valence-electron chi connectivity index (χ1n) is 7.57. The molecule has 0 aliphatic rings.